The molecule has 138 valence electrons. The molecule has 3 rings (SSSR count). The minimum atomic E-state index is -3.26. The van der Waals surface area contributed by atoms with Crippen molar-refractivity contribution in [1.82, 2.24) is 4.90 Å². The van der Waals surface area contributed by atoms with E-state index in [0.29, 0.717) is 0 Å². The SMILES string of the molecule is O=C(c1ccc(F)cc1)N(Cc1c(F)cccc1Cl)C1CCS(=O)(=O)C1. The minimum Gasteiger partial charge on any atom is -0.330 e. The standard InChI is InChI=1S/C18H16ClF2NO3S/c19-16-2-1-3-17(21)15(16)10-22(14-8-9-26(24,25)11-14)18(23)12-4-6-13(20)7-5-12/h1-7,14H,8-11H2. The Bertz CT molecular complexity index is 912. The van der Waals surface area contributed by atoms with Crippen molar-refractivity contribution in [2.45, 2.75) is 19.0 Å². The smallest absolute Gasteiger partial charge is 0.254 e. The van der Waals surface area contributed by atoms with Gasteiger partial charge in [-0.15, -0.1) is 0 Å². The van der Waals surface area contributed by atoms with Crippen LogP contribution in [0.5, 0.6) is 0 Å². The van der Waals surface area contributed by atoms with Gasteiger partial charge in [0.2, 0.25) is 0 Å². The van der Waals surface area contributed by atoms with Gasteiger partial charge in [0.1, 0.15) is 11.6 Å². The van der Waals surface area contributed by atoms with Gasteiger partial charge in [0.05, 0.1) is 18.1 Å². The molecule has 1 aliphatic rings. The van der Waals surface area contributed by atoms with Crippen LogP contribution >= 0.6 is 11.6 Å². The zero-order valence-corrected chi connectivity index (χ0v) is 15.2. The highest BCUT2D eigenvalue weighted by Gasteiger charge is 2.35. The summed E-state index contributed by atoms with van der Waals surface area (Å²) in [5.41, 5.74) is 0.317. The first-order valence-electron chi connectivity index (χ1n) is 7.97. The molecule has 1 aliphatic heterocycles. The van der Waals surface area contributed by atoms with Gasteiger partial charge >= 0.3 is 0 Å². The highest BCUT2D eigenvalue weighted by Crippen LogP contribution is 2.26. The van der Waals surface area contributed by atoms with Crippen molar-refractivity contribution in [1.29, 1.82) is 0 Å². The van der Waals surface area contributed by atoms with Crippen LogP contribution in [-0.4, -0.2) is 36.8 Å². The molecule has 0 N–H and O–H groups in total. The molecule has 0 spiro atoms. The lowest BCUT2D eigenvalue weighted by Gasteiger charge is -2.29. The van der Waals surface area contributed by atoms with Crippen LogP contribution in [0.3, 0.4) is 0 Å². The highest BCUT2D eigenvalue weighted by atomic mass is 35.5. The number of nitrogens with zero attached hydrogens (tertiary/aromatic N) is 1. The maximum Gasteiger partial charge on any atom is 0.254 e. The predicted molar refractivity (Wildman–Crippen MR) is 94.7 cm³/mol. The molecule has 0 aliphatic carbocycles. The van der Waals surface area contributed by atoms with Gasteiger partial charge < -0.3 is 4.90 Å². The van der Waals surface area contributed by atoms with Crippen LogP contribution < -0.4 is 0 Å². The van der Waals surface area contributed by atoms with Crippen molar-refractivity contribution in [3.8, 4) is 0 Å². The average Bonchev–Trinajstić information content (AvgIpc) is 2.94. The topological polar surface area (TPSA) is 54.5 Å². The van der Waals surface area contributed by atoms with E-state index >= 15 is 0 Å². The van der Waals surface area contributed by atoms with E-state index in [-0.39, 0.29) is 40.6 Å². The number of benzene rings is 2. The second-order valence-electron chi connectivity index (χ2n) is 6.20. The number of hydrogen-bond acceptors (Lipinski definition) is 3. The fourth-order valence-electron chi connectivity index (χ4n) is 3.00. The van der Waals surface area contributed by atoms with E-state index in [9.17, 15) is 22.0 Å². The Hall–Kier alpha value is -1.99. The largest absolute Gasteiger partial charge is 0.330 e. The zero-order chi connectivity index (χ0) is 18.9. The van der Waals surface area contributed by atoms with Gasteiger partial charge in [-0.1, -0.05) is 17.7 Å². The molecule has 0 aromatic heterocycles. The average molecular weight is 400 g/mol. The third-order valence-electron chi connectivity index (χ3n) is 4.39. The number of halogens is 3. The monoisotopic (exact) mass is 399 g/mol. The summed E-state index contributed by atoms with van der Waals surface area (Å²) < 4.78 is 51.0. The van der Waals surface area contributed by atoms with Crippen LogP contribution in [0.25, 0.3) is 0 Å². The third-order valence-corrected chi connectivity index (χ3v) is 6.50. The summed E-state index contributed by atoms with van der Waals surface area (Å²) in [5.74, 6) is -1.78. The lowest BCUT2D eigenvalue weighted by atomic mass is 10.1. The summed E-state index contributed by atoms with van der Waals surface area (Å²) >= 11 is 6.06. The Morgan fingerprint density at radius 2 is 1.85 bits per heavy atom. The predicted octanol–water partition coefficient (Wildman–Crippen LogP) is 3.45. The summed E-state index contributed by atoms with van der Waals surface area (Å²) in [6.07, 6.45) is 0.265. The molecular formula is C18H16ClF2NO3S. The Balaban J connectivity index is 1.96. The molecule has 0 radical (unpaired) electrons. The van der Waals surface area contributed by atoms with Crippen LogP contribution in [0.1, 0.15) is 22.3 Å². The Kier molecular flexibility index (Phi) is 5.29. The molecule has 0 saturated carbocycles. The van der Waals surface area contributed by atoms with Crippen LogP contribution in [0, 0.1) is 11.6 Å². The minimum absolute atomic E-state index is 0.0319. The van der Waals surface area contributed by atoms with Crippen LogP contribution in [0.4, 0.5) is 8.78 Å². The van der Waals surface area contributed by atoms with Crippen LogP contribution in [0.2, 0.25) is 5.02 Å². The van der Waals surface area contributed by atoms with E-state index in [1.807, 2.05) is 0 Å². The van der Waals surface area contributed by atoms with Gasteiger partial charge in [-0.05, 0) is 42.8 Å². The van der Waals surface area contributed by atoms with Crippen molar-refractivity contribution < 1.29 is 22.0 Å². The van der Waals surface area contributed by atoms with Crippen LogP contribution in [0.15, 0.2) is 42.5 Å². The highest BCUT2D eigenvalue weighted by molar-refractivity contribution is 7.91. The van der Waals surface area contributed by atoms with Gasteiger partial charge in [-0.2, -0.15) is 0 Å². The summed E-state index contributed by atoms with van der Waals surface area (Å²) in [5, 5.41) is 0.155. The first kappa shape index (κ1) is 18.8. The molecule has 1 amide bonds. The van der Waals surface area contributed by atoms with Crippen molar-refractivity contribution in [3.05, 3.63) is 70.2 Å². The Morgan fingerprint density at radius 1 is 1.15 bits per heavy atom. The molecule has 1 atom stereocenters. The first-order valence-corrected chi connectivity index (χ1v) is 10.2. The lowest BCUT2D eigenvalue weighted by Crippen LogP contribution is -2.41. The molecule has 2 aromatic carbocycles. The van der Waals surface area contributed by atoms with E-state index in [1.54, 1.807) is 0 Å². The fraction of sp³-hybridized carbons (Fsp3) is 0.278. The van der Waals surface area contributed by atoms with Gasteiger partial charge in [-0.3, -0.25) is 4.79 Å². The van der Waals surface area contributed by atoms with E-state index in [0.717, 1.165) is 12.1 Å². The zero-order valence-electron chi connectivity index (χ0n) is 13.7. The van der Waals surface area contributed by atoms with E-state index in [4.69, 9.17) is 11.6 Å². The number of hydrogen-bond donors (Lipinski definition) is 0. The summed E-state index contributed by atoms with van der Waals surface area (Å²) in [7, 11) is -3.26. The van der Waals surface area contributed by atoms with Gasteiger partial charge in [0.15, 0.2) is 9.84 Å². The molecule has 1 heterocycles. The van der Waals surface area contributed by atoms with Crippen molar-refractivity contribution in [3.63, 3.8) is 0 Å². The molecular weight excluding hydrogens is 384 g/mol. The summed E-state index contributed by atoms with van der Waals surface area (Å²) in [4.78, 5) is 14.2. The Labute approximate surface area is 155 Å². The summed E-state index contributed by atoms with van der Waals surface area (Å²) in [6.45, 7) is -0.165. The van der Waals surface area contributed by atoms with E-state index in [2.05, 4.69) is 0 Å². The number of carbonyl (C=O) groups is 1. The van der Waals surface area contributed by atoms with Crippen LogP contribution in [-0.2, 0) is 16.4 Å². The van der Waals surface area contributed by atoms with Gasteiger partial charge in [-0.25, -0.2) is 17.2 Å². The normalized spacial score (nSPS) is 18.7. The first-order chi connectivity index (χ1) is 12.3. The second-order valence-corrected chi connectivity index (χ2v) is 8.83. The maximum atomic E-state index is 14.2. The second kappa shape index (κ2) is 7.32. The van der Waals surface area contributed by atoms with Gasteiger partial charge in [0, 0.05) is 22.2 Å². The number of rotatable bonds is 4. The number of sulfone groups is 1. The van der Waals surface area contributed by atoms with Crippen molar-refractivity contribution >= 4 is 27.3 Å². The number of carbonyl (C=O) groups excluding carboxylic acids is 1. The molecule has 2 aromatic rings. The van der Waals surface area contributed by atoms with E-state index < -0.39 is 33.4 Å². The molecule has 1 unspecified atom stereocenters. The van der Waals surface area contributed by atoms with Gasteiger partial charge in [0.25, 0.3) is 5.91 Å². The molecule has 26 heavy (non-hydrogen) atoms. The maximum absolute atomic E-state index is 14.2. The molecule has 1 fully saturated rings. The van der Waals surface area contributed by atoms with E-state index in [1.165, 1.54) is 35.2 Å². The lowest BCUT2D eigenvalue weighted by molar-refractivity contribution is 0.0679. The Morgan fingerprint density at radius 3 is 2.42 bits per heavy atom. The quantitative estimate of drug-likeness (QED) is 0.791. The third kappa shape index (κ3) is 4.04. The van der Waals surface area contributed by atoms with Crippen molar-refractivity contribution in [2.24, 2.45) is 0 Å². The number of amides is 1. The molecule has 0 bridgehead atoms. The summed E-state index contributed by atoms with van der Waals surface area (Å²) in [6, 6.07) is 8.52. The molecule has 4 nitrogen and oxygen atoms in total. The fourth-order valence-corrected chi connectivity index (χ4v) is 4.95. The van der Waals surface area contributed by atoms with Crippen molar-refractivity contribution in [2.75, 3.05) is 11.5 Å². The molecule has 1 saturated heterocycles. The molecule has 8 heteroatoms.